The number of hydrogen-bond donors (Lipinski definition) is 0. The summed E-state index contributed by atoms with van der Waals surface area (Å²) in [7, 11) is 0. The van der Waals surface area contributed by atoms with Crippen LogP contribution in [0.15, 0.2) is 53.3 Å². The van der Waals surface area contributed by atoms with Gasteiger partial charge in [0.2, 0.25) is 4.96 Å². The summed E-state index contributed by atoms with van der Waals surface area (Å²) in [5, 5.41) is 4.41. The average molecular weight is 422 g/mol. The van der Waals surface area contributed by atoms with E-state index in [2.05, 4.69) is 23.9 Å². The second-order valence-corrected chi connectivity index (χ2v) is 7.85. The van der Waals surface area contributed by atoms with E-state index in [1.54, 1.807) is 0 Å². The Bertz CT molecular complexity index is 1230. The van der Waals surface area contributed by atoms with Crippen LogP contribution < -0.4 is 19.6 Å². The number of benzene rings is 2. The van der Waals surface area contributed by atoms with Crippen molar-refractivity contribution in [2.45, 2.75) is 26.7 Å². The Labute approximate surface area is 178 Å². The van der Waals surface area contributed by atoms with Gasteiger partial charge in [-0.25, -0.2) is 0 Å². The summed E-state index contributed by atoms with van der Waals surface area (Å²) >= 11 is 1.33. The highest BCUT2D eigenvalue weighted by Gasteiger charge is 2.12. The van der Waals surface area contributed by atoms with Crippen LogP contribution in [-0.4, -0.2) is 27.8 Å². The van der Waals surface area contributed by atoms with Crippen molar-refractivity contribution in [2.24, 2.45) is 0 Å². The normalized spacial score (nSPS) is 11.9. The first-order valence-electron chi connectivity index (χ1n) is 10.1. The Morgan fingerprint density at radius 3 is 2.10 bits per heavy atom. The Hall–Kier alpha value is -3.19. The van der Waals surface area contributed by atoms with Crippen LogP contribution in [0, 0.1) is 0 Å². The summed E-state index contributed by atoms with van der Waals surface area (Å²) in [6.07, 6.45) is 3.78. The van der Waals surface area contributed by atoms with E-state index in [0.717, 1.165) is 35.5 Å². The molecule has 0 amide bonds. The van der Waals surface area contributed by atoms with Gasteiger partial charge in [0.1, 0.15) is 11.5 Å². The van der Waals surface area contributed by atoms with Gasteiger partial charge in [0, 0.05) is 5.56 Å². The van der Waals surface area contributed by atoms with Crippen molar-refractivity contribution in [2.75, 3.05) is 13.2 Å². The van der Waals surface area contributed by atoms with Gasteiger partial charge in [-0.1, -0.05) is 37.3 Å². The summed E-state index contributed by atoms with van der Waals surface area (Å²) in [6, 6.07) is 15.3. The fourth-order valence-corrected chi connectivity index (χ4v) is 3.82. The van der Waals surface area contributed by atoms with Gasteiger partial charge in [0.15, 0.2) is 5.82 Å². The Kier molecular flexibility index (Phi) is 6.09. The zero-order valence-corrected chi connectivity index (χ0v) is 17.8. The molecule has 0 aliphatic carbocycles. The lowest BCUT2D eigenvalue weighted by atomic mass is 10.2. The summed E-state index contributed by atoms with van der Waals surface area (Å²) in [5.41, 5.74) is 1.62. The Morgan fingerprint density at radius 1 is 0.933 bits per heavy atom. The molecule has 2 aromatic carbocycles. The fourth-order valence-electron chi connectivity index (χ4n) is 2.91. The van der Waals surface area contributed by atoms with Crippen molar-refractivity contribution in [3.63, 3.8) is 0 Å². The molecule has 0 radical (unpaired) electrons. The summed E-state index contributed by atoms with van der Waals surface area (Å²) in [6.45, 7) is 5.52. The van der Waals surface area contributed by atoms with E-state index in [1.165, 1.54) is 15.9 Å². The van der Waals surface area contributed by atoms with E-state index < -0.39 is 0 Å². The first kappa shape index (κ1) is 20.1. The Morgan fingerprint density at radius 2 is 1.53 bits per heavy atom. The fraction of sp³-hybridized carbons (Fsp3) is 0.261. The van der Waals surface area contributed by atoms with Gasteiger partial charge in [-0.3, -0.25) is 4.79 Å². The molecule has 154 valence electrons. The topological polar surface area (TPSA) is 65.7 Å². The van der Waals surface area contributed by atoms with Crippen LogP contribution in [0.25, 0.3) is 22.4 Å². The lowest BCUT2D eigenvalue weighted by Gasteiger charge is -2.04. The molecule has 30 heavy (non-hydrogen) atoms. The largest absolute Gasteiger partial charge is 0.494 e. The van der Waals surface area contributed by atoms with Crippen molar-refractivity contribution < 1.29 is 9.47 Å². The zero-order valence-electron chi connectivity index (χ0n) is 17.0. The molecular weight excluding hydrogens is 398 g/mol. The van der Waals surface area contributed by atoms with Crippen molar-refractivity contribution in [3.05, 3.63) is 69.0 Å². The number of thiazole rings is 1. The summed E-state index contributed by atoms with van der Waals surface area (Å²) < 4.78 is 13.2. The maximum Gasteiger partial charge on any atom is 0.291 e. The van der Waals surface area contributed by atoms with E-state index in [0.29, 0.717) is 28.5 Å². The van der Waals surface area contributed by atoms with Gasteiger partial charge in [-0.2, -0.15) is 9.50 Å². The molecule has 0 bridgehead atoms. The second-order valence-electron chi connectivity index (χ2n) is 6.84. The third-order valence-electron chi connectivity index (χ3n) is 4.42. The number of ether oxygens (including phenoxy) is 2. The van der Waals surface area contributed by atoms with E-state index in [-0.39, 0.29) is 5.56 Å². The minimum atomic E-state index is -0.164. The lowest BCUT2D eigenvalue weighted by Crippen LogP contribution is -2.23. The molecule has 2 heterocycles. The van der Waals surface area contributed by atoms with Gasteiger partial charge in [0.25, 0.3) is 5.56 Å². The molecule has 4 rings (SSSR count). The van der Waals surface area contributed by atoms with Crippen LogP contribution in [0.2, 0.25) is 0 Å². The Balaban J connectivity index is 1.58. The molecule has 0 unspecified atom stereocenters. The van der Waals surface area contributed by atoms with Crippen molar-refractivity contribution in [3.8, 4) is 22.9 Å². The molecule has 0 aliphatic rings. The predicted molar refractivity (Wildman–Crippen MR) is 119 cm³/mol. The monoisotopic (exact) mass is 421 g/mol. The number of hydrogen-bond acceptors (Lipinski definition) is 6. The quantitative estimate of drug-likeness (QED) is 0.431. The van der Waals surface area contributed by atoms with Gasteiger partial charge in [-0.15, -0.1) is 5.10 Å². The zero-order chi connectivity index (χ0) is 20.9. The first-order valence-corrected chi connectivity index (χ1v) is 10.9. The maximum atomic E-state index is 12.8. The molecule has 7 heteroatoms. The number of nitrogens with zero attached hydrogens (tertiary/aromatic N) is 3. The van der Waals surface area contributed by atoms with Crippen LogP contribution >= 0.6 is 11.3 Å². The maximum absolute atomic E-state index is 12.8. The molecule has 0 N–H and O–H groups in total. The van der Waals surface area contributed by atoms with E-state index in [4.69, 9.17) is 9.47 Å². The molecule has 4 aromatic rings. The van der Waals surface area contributed by atoms with Crippen molar-refractivity contribution in [1.29, 1.82) is 0 Å². The highest BCUT2D eigenvalue weighted by atomic mass is 32.1. The molecular formula is C23H23N3O3S. The highest BCUT2D eigenvalue weighted by Crippen LogP contribution is 2.20. The number of aromatic nitrogens is 3. The van der Waals surface area contributed by atoms with Crippen LogP contribution in [0.4, 0.5) is 0 Å². The van der Waals surface area contributed by atoms with Crippen molar-refractivity contribution in [1.82, 2.24) is 14.6 Å². The average Bonchev–Trinajstić information content (AvgIpc) is 3.31. The van der Waals surface area contributed by atoms with Crippen LogP contribution in [0.1, 0.15) is 32.3 Å². The second kappa shape index (κ2) is 9.09. The van der Waals surface area contributed by atoms with Gasteiger partial charge >= 0.3 is 0 Å². The molecule has 0 spiro atoms. The van der Waals surface area contributed by atoms with Gasteiger partial charge in [-0.05, 0) is 60.9 Å². The molecule has 6 nitrogen and oxygen atoms in total. The SMILES string of the molecule is CCCOc1ccc(C=c2sc3nc(-c4ccc(OCCC)cc4)nn3c2=O)cc1. The van der Waals surface area contributed by atoms with E-state index in [1.807, 2.05) is 54.6 Å². The van der Waals surface area contributed by atoms with Gasteiger partial charge in [0.05, 0.1) is 17.7 Å². The molecule has 0 saturated heterocycles. The first-order chi connectivity index (χ1) is 14.7. The standard InChI is InChI=1S/C23H23N3O3S/c1-3-13-28-18-9-5-16(6-10-18)15-20-22(27)26-23(30-20)24-21(25-26)17-7-11-19(12-8-17)29-14-4-2/h5-12,15H,3-4,13-14H2,1-2H3. The molecule has 0 saturated carbocycles. The minimum Gasteiger partial charge on any atom is -0.494 e. The predicted octanol–water partition coefficient (Wildman–Crippen LogP) is 3.94. The summed E-state index contributed by atoms with van der Waals surface area (Å²) in [4.78, 5) is 17.9. The molecule has 0 aliphatic heterocycles. The summed E-state index contributed by atoms with van der Waals surface area (Å²) in [5.74, 6) is 2.17. The molecule has 0 atom stereocenters. The van der Waals surface area contributed by atoms with Gasteiger partial charge < -0.3 is 9.47 Å². The third kappa shape index (κ3) is 4.36. The lowest BCUT2D eigenvalue weighted by molar-refractivity contribution is 0.317. The van der Waals surface area contributed by atoms with Crippen LogP contribution in [0.3, 0.4) is 0 Å². The number of rotatable bonds is 8. The van der Waals surface area contributed by atoms with E-state index >= 15 is 0 Å². The highest BCUT2D eigenvalue weighted by molar-refractivity contribution is 7.15. The van der Waals surface area contributed by atoms with Crippen LogP contribution in [0.5, 0.6) is 11.5 Å². The molecule has 0 fully saturated rings. The van der Waals surface area contributed by atoms with E-state index in [9.17, 15) is 4.79 Å². The number of fused-ring (bicyclic) bond motifs is 1. The smallest absolute Gasteiger partial charge is 0.291 e. The molecule has 2 aromatic heterocycles. The van der Waals surface area contributed by atoms with Crippen LogP contribution in [-0.2, 0) is 0 Å². The van der Waals surface area contributed by atoms with Crippen molar-refractivity contribution >= 4 is 22.4 Å². The minimum absolute atomic E-state index is 0.164. The third-order valence-corrected chi connectivity index (χ3v) is 5.38.